The van der Waals surface area contributed by atoms with E-state index < -0.39 is 0 Å². The third kappa shape index (κ3) is 3.33. The fourth-order valence-corrected chi connectivity index (χ4v) is 3.89. The Morgan fingerprint density at radius 3 is 1.31 bits per heavy atom. The van der Waals surface area contributed by atoms with Crippen LogP contribution in [0.2, 0.25) is 0 Å². The van der Waals surface area contributed by atoms with Crippen molar-refractivity contribution in [1.29, 1.82) is 0 Å². The molecule has 32 heavy (non-hydrogen) atoms. The summed E-state index contributed by atoms with van der Waals surface area (Å²) in [5, 5.41) is 6.51. The number of hydrogen-bond acceptors (Lipinski definition) is 6. The molecule has 0 heterocycles. The summed E-state index contributed by atoms with van der Waals surface area (Å²) in [6.45, 7) is 0. The molecule has 0 fully saturated rings. The summed E-state index contributed by atoms with van der Waals surface area (Å²) in [6.07, 6.45) is 0. The Labute approximate surface area is 184 Å². The number of fused-ring (bicyclic) bond motifs is 2. The normalized spacial score (nSPS) is 12.1. The van der Waals surface area contributed by atoms with Gasteiger partial charge < -0.3 is 22.1 Å². The molecule has 6 nitrogen and oxygen atoms in total. The first kappa shape index (κ1) is 19.4. The third-order valence-corrected chi connectivity index (χ3v) is 5.45. The van der Waals surface area contributed by atoms with E-state index >= 15 is 0 Å². The Morgan fingerprint density at radius 2 is 0.906 bits per heavy atom. The van der Waals surface area contributed by atoms with Crippen molar-refractivity contribution < 1.29 is 9.59 Å². The number of nitrogen functional groups attached to an aromatic ring is 2. The fraction of sp³-hybridized carbons (Fsp3) is 0. The first-order chi connectivity index (χ1) is 15.5. The van der Waals surface area contributed by atoms with Gasteiger partial charge in [0, 0.05) is 33.9 Å². The van der Waals surface area contributed by atoms with Gasteiger partial charge in [0.15, 0.2) is 11.6 Å². The van der Waals surface area contributed by atoms with E-state index in [0.29, 0.717) is 45.0 Å². The molecule has 156 valence electrons. The van der Waals surface area contributed by atoms with Crippen LogP contribution in [0.5, 0.6) is 0 Å². The minimum absolute atomic E-state index is 0.184. The van der Waals surface area contributed by atoms with Crippen LogP contribution in [0.1, 0.15) is 31.8 Å². The molecule has 0 saturated carbocycles. The topological polar surface area (TPSA) is 110 Å². The Balaban J connectivity index is 1.59. The van der Waals surface area contributed by atoms with Gasteiger partial charge >= 0.3 is 0 Å². The van der Waals surface area contributed by atoms with E-state index in [1.807, 2.05) is 24.3 Å². The molecular formula is C26H20N4O2. The first-order valence-electron chi connectivity index (χ1n) is 10.1. The molecule has 0 unspecified atom stereocenters. The Morgan fingerprint density at radius 1 is 0.500 bits per heavy atom. The number of anilines is 6. The van der Waals surface area contributed by atoms with Crippen LogP contribution in [-0.2, 0) is 0 Å². The average molecular weight is 420 g/mol. The summed E-state index contributed by atoms with van der Waals surface area (Å²) >= 11 is 0. The van der Waals surface area contributed by atoms with Gasteiger partial charge in [0.05, 0.1) is 22.5 Å². The van der Waals surface area contributed by atoms with Crippen LogP contribution < -0.4 is 22.1 Å². The highest BCUT2D eigenvalue weighted by Crippen LogP contribution is 2.37. The molecule has 0 bridgehead atoms. The lowest BCUT2D eigenvalue weighted by molar-refractivity contribution is 0.0980. The van der Waals surface area contributed by atoms with Crippen LogP contribution in [0.25, 0.3) is 0 Å². The van der Waals surface area contributed by atoms with E-state index in [9.17, 15) is 9.59 Å². The highest BCUT2D eigenvalue weighted by atomic mass is 16.1. The van der Waals surface area contributed by atoms with E-state index in [4.69, 9.17) is 11.5 Å². The molecule has 1 aliphatic rings. The summed E-state index contributed by atoms with van der Waals surface area (Å²) < 4.78 is 0. The van der Waals surface area contributed by atoms with Gasteiger partial charge in [0.1, 0.15) is 0 Å². The van der Waals surface area contributed by atoms with Crippen LogP contribution >= 0.6 is 0 Å². The van der Waals surface area contributed by atoms with Gasteiger partial charge in [-0.05, 0) is 60.7 Å². The van der Waals surface area contributed by atoms with Crippen LogP contribution in [0.15, 0.2) is 84.9 Å². The number of nitrogens with two attached hydrogens (primary N) is 2. The SMILES string of the molecule is Nc1ccc(Nc2cccc3c2C(=O)c2c(Nc4ccc(N)cc4)cccc2C3=O)cc1. The Kier molecular flexibility index (Phi) is 4.60. The van der Waals surface area contributed by atoms with Gasteiger partial charge in [-0.1, -0.05) is 24.3 Å². The maximum Gasteiger partial charge on any atom is 0.198 e. The van der Waals surface area contributed by atoms with Crippen molar-refractivity contribution in [1.82, 2.24) is 0 Å². The van der Waals surface area contributed by atoms with Crippen molar-refractivity contribution in [3.8, 4) is 0 Å². The quantitative estimate of drug-likeness (QED) is 0.301. The van der Waals surface area contributed by atoms with Gasteiger partial charge in [-0.3, -0.25) is 9.59 Å². The van der Waals surface area contributed by atoms with E-state index in [1.54, 1.807) is 60.7 Å². The van der Waals surface area contributed by atoms with Gasteiger partial charge in [0.2, 0.25) is 0 Å². The predicted octanol–water partition coefficient (Wildman–Crippen LogP) is 5.11. The standard InChI is InChI=1S/C26H20N4O2/c27-15-7-11-17(12-8-15)29-21-5-1-3-19-23(21)26(32)24-20(25(19)31)4-2-6-22(24)30-18-13-9-16(28)10-14-18/h1-14,29-30H,27-28H2. The van der Waals surface area contributed by atoms with Crippen LogP contribution in [-0.4, -0.2) is 11.6 Å². The fourth-order valence-electron chi connectivity index (χ4n) is 3.89. The van der Waals surface area contributed by atoms with Crippen molar-refractivity contribution in [2.75, 3.05) is 22.1 Å². The zero-order valence-electron chi connectivity index (χ0n) is 17.1. The van der Waals surface area contributed by atoms with Crippen LogP contribution in [0.3, 0.4) is 0 Å². The number of ketones is 2. The monoisotopic (exact) mass is 420 g/mol. The number of nitrogens with one attached hydrogen (secondary N) is 2. The molecule has 0 amide bonds. The molecule has 0 aromatic heterocycles. The maximum absolute atomic E-state index is 13.7. The molecule has 1 aliphatic carbocycles. The van der Waals surface area contributed by atoms with E-state index in [-0.39, 0.29) is 11.6 Å². The number of carbonyl (C=O) groups excluding carboxylic acids is 2. The molecule has 0 aliphatic heterocycles. The molecule has 0 saturated heterocycles. The molecule has 4 aromatic carbocycles. The number of carbonyl (C=O) groups is 2. The highest BCUT2D eigenvalue weighted by molar-refractivity contribution is 6.32. The van der Waals surface area contributed by atoms with Crippen molar-refractivity contribution >= 4 is 45.7 Å². The molecule has 0 radical (unpaired) electrons. The predicted molar refractivity (Wildman–Crippen MR) is 128 cm³/mol. The highest BCUT2D eigenvalue weighted by Gasteiger charge is 2.33. The largest absolute Gasteiger partial charge is 0.399 e. The summed E-state index contributed by atoms with van der Waals surface area (Å²) in [4.78, 5) is 27.0. The lowest BCUT2D eigenvalue weighted by atomic mass is 9.82. The third-order valence-electron chi connectivity index (χ3n) is 5.45. The average Bonchev–Trinajstić information content (AvgIpc) is 2.80. The maximum atomic E-state index is 13.7. The summed E-state index contributed by atoms with van der Waals surface area (Å²) in [5.41, 5.74) is 17.0. The van der Waals surface area contributed by atoms with E-state index in [2.05, 4.69) is 10.6 Å². The molecule has 4 aromatic rings. The second-order valence-corrected chi connectivity index (χ2v) is 7.61. The minimum Gasteiger partial charge on any atom is -0.399 e. The minimum atomic E-state index is -0.216. The molecule has 6 heteroatoms. The zero-order chi connectivity index (χ0) is 22.2. The van der Waals surface area contributed by atoms with Crippen molar-refractivity contribution in [2.24, 2.45) is 0 Å². The number of benzene rings is 4. The van der Waals surface area contributed by atoms with E-state index in [1.165, 1.54) is 0 Å². The summed E-state index contributed by atoms with van der Waals surface area (Å²) in [7, 11) is 0. The number of hydrogen-bond donors (Lipinski definition) is 4. The number of rotatable bonds is 4. The van der Waals surface area contributed by atoms with Gasteiger partial charge in [-0.15, -0.1) is 0 Å². The Bertz CT molecular complexity index is 1260. The van der Waals surface area contributed by atoms with Gasteiger partial charge in [0.25, 0.3) is 0 Å². The van der Waals surface area contributed by atoms with Gasteiger partial charge in [-0.25, -0.2) is 0 Å². The van der Waals surface area contributed by atoms with Gasteiger partial charge in [-0.2, -0.15) is 0 Å². The smallest absolute Gasteiger partial charge is 0.198 e. The lowest BCUT2D eigenvalue weighted by Gasteiger charge is -2.23. The second-order valence-electron chi connectivity index (χ2n) is 7.61. The lowest BCUT2D eigenvalue weighted by Crippen LogP contribution is -2.23. The van der Waals surface area contributed by atoms with Crippen molar-refractivity contribution in [3.05, 3.63) is 107 Å². The molecule has 0 spiro atoms. The molecular weight excluding hydrogens is 400 g/mol. The second kappa shape index (κ2) is 7.59. The summed E-state index contributed by atoms with van der Waals surface area (Å²) in [5.74, 6) is -0.400. The van der Waals surface area contributed by atoms with Crippen LogP contribution in [0, 0.1) is 0 Å². The van der Waals surface area contributed by atoms with Crippen molar-refractivity contribution in [2.45, 2.75) is 0 Å². The molecule has 5 rings (SSSR count). The van der Waals surface area contributed by atoms with Crippen molar-refractivity contribution in [3.63, 3.8) is 0 Å². The Hall–Kier alpha value is -4.58. The first-order valence-corrected chi connectivity index (χ1v) is 10.1. The molecule has 0 atom stereocenters. The zero-order valence-corrected chi connectivity index (χ0v) is 17.1. The molecule has 6 N–H and O–H groups in total. The van der Waals surface area contributed by atoms with E-state index in [0.717, 1.165) is 11.4 Å². The summed E-state index contributed by atoms with van der Waals surface area (Å²) in [6, 6.07) is 24.9. The van der Waals surface area contributed by atoms with Crippen LogP contribution in [0.4, 0.5) is 34.1 Å².